The van der Waals surface area contributed by atoms with Crippen LogP contribution in [0.25, 0.3) is 0 Å². The fourth-order valence-corrected chi connectivity index (χ4v) is 2.52. The van der Waals surface area contributed by atoms with E-state index >= 15 is 0 Å². The van der Waals surface area contributed by atoms with Crippen molar-refractivity contribution in [2.75, 3.05) is 13.2 Å². The first-order chi connectivity index (χ1) is 7.54. The van der Waals surface area contributed by atoms with E-state index in [1.54, 1.807) is 0 Å². The summed E-state index contributed by atoms with van der Waals surface area (Å²) in [5.74, 6) is 1.89. The van der Waals surface area contributed by atoms with E-state index in [9.17, 15) is 0 Å². The summed E-state index contributed by atoms with van der Waals surface area (Å²) < 4.78 is 11.6. The van der Waals surface area contributed by atoms with Crippen LogP contribution in [0.2, 0.25) is 19.6 Å². The lowest BCUT2D eigenvalue weighted by atomic mass is 10.2. The van der Waals surface area contributed by atoms with Crippen LogP contribution < -0.4 is 14.5 Å². The Morgan fingerprint density at radius 3 is 2.88 bits per heavy atom. The molecule has 0 aliphatic carbocycles. The predicted molar refractivity (Wildman–Crippen MR) is 67.6 cm³/mol. The normalized spacial score (nSPS) is 15.9. The van der Waals surface area contributed by atoms with Crippen LogP contribution in [0, 0.1) is 0 Å². The fraction of sp³-hybridized carbons (Fsp3) is 0.500. The largest absolute Gasteiger partial charge is 0.544 e. The number of nitrogens with one attached hydrogen (secondary N) is 1. The maximum absolute atomic E-state index is 5.95. The van der Waals surface area contributed by atoms with Crippen molar-refractivity contribution in [3.63, 3.8) is 0 Å². The molecule has 0 atom stereocenters. The summed E-state index contributed by atoms with van der Waals surface area (Å²) in [7, 11) is -1.53. The molecule has 0 saturated carbocycles. The van der Waals surface area contributed by atoms with Gasteiger partial charge in [-0.25, -0.2) is 0 Å². The molecule has 1 aliphatic heterocycles. The first kappa shape index (κ1) is 11.5. The van der Waals surface area contributed by atoms with E-state index in [2.05, 4.69) is 31.0 Å². The number of rotatable bonds is 2. The van der Waals surface area contributed by atoms with Crippen LogP contribution in [-0.2, 0) is 6.54 Å². The van der Waals surface area contributed by atoms with Gasteiger partial charge in [0.05, 0.1) is 0 Å². The summed E-state index contributed by atoms with van der Waals surface area (Å²) in [6.45, 7) is 9.05. The molecule has 88 valence electrons. The van der Waals surface area contributed by atoms with Crippen molar-refractivity contribution in [2.45, 2.75) is 26.2 Å². The van der Waals surface area contributed by atoms with Crippen LogP contribution in [0.15, 0.2) is 18.2 Å². The molecule has 0 aromatic heterocycles. The molecule has 2 rings (SSSR count). The van der Waals surface area contributed by atoms with E-state index in [0.29, 0.717) is 0 Å². The predicted octanol–water partition coefficient (Wildman–Crippen LogP) is 2.38. The Morgan fingerprint density at radius 2 is 2.12 bits per heavy atom. The topological polar surface area (TPSA) is 30.5 Å². The van der Waals surface area contributed by atoms with E-state index in [-0.39, 0.29) is 0 Å². The van der Waals surface area contributed by atoms with Gasteiger partial charge in [0.15, 0.2) is 0 Å². The van der Waals surface area contributed by atoms with Crippen molar-refractivity contribution in [3.05, 3.63) is 23.8 Å². The summed E-state index contributed by atoms with van der Waals surface area (Å²) in [6, 6.07) is 6.14. The van der Waals surface area contributed by atoms with Gasteiger partial charge in [0.2, 0.25) is 8.32 Å². The Morgan fingerprint density at radius 1 is 1.31 bits per heavy atom. The molecule has 4 heteroatoms. The number of ether oxygens (including phenoxy) is 1. The molecule has 1 N–H and O–H groups in total. The molecule has 0 amide bonds. The Bertz CT molecular complexity index is 374. The first-order valence-electron chi connectivity index (χ1n) is 5.70. The second kappa shape index (κ2) is 4.47. The highest BCUT2D eigenvalue weighted by atomic mass is 28.4. The molecule has 0 spiro atoms. The minimum Gasteiger partial charge on any atom is -0.544 e. The molecule has 3 nitrogen and oxygen atoms in total. The third kappa shape index (κ3) is 2.99. The average Bonchev–Trinajstić information content (AvgIpc) is 2.39. The van der Waals surface area contributed by atoms with E-state index < -0.39 is 8.32 Å². The maximum Gasteiger partial charge on any atom is 0.242 e. The van der Waals surface area contributed by atoms with Gasteiger partial charge >= 0.3 is 0 Å². The van der Waals surface area contributed by atoms with Gasteiger partial charge in [0.25, 0.3) is 0 Å². The van der Waals surface area contributed by atoms with Gasteiger partial charge in [-0.1, -0.05) is 6.07 Å². The molecule has 0 bridgehead atoms. The lowest BCUT2D eigenvalue weighted by Gasteiger charge is -2.20. The van der Waals surface area contributed by atoms with E-state index in [0.717, 1.165) is 31.2 Å². The highest BCUT2D eigenvalue weighted by Crippen LogP contribution is 2.27. The van der Waals surface area contributed by atoms with Crippen LogP contribution in [0.4, 0.5) is 0 Å². The number of benzene rings is 1. The van der Waals surface area contributed by atoms with Crippen LogP contribution in [0.5, 0.6) is 11.5 Å². The van der Waals surface area contributed by atoms with Crippen molar-refractivity contribution in [2.24, 2.45) is 0 Å². The molecule has 16 heavy (non-hydrogen) atoms. The standard InChI is InChI=1S/C12H19NO2Si/c1-16(2,3)15-11-5-4-10-9-13-6-7-14-12(10)8-11/h4-5,8,13H,6-7,9H2,1-3H3. The zero-order valence-electron chi connectivity index (χ0n) is 10.2. The van der Waals surface area contributed by atoms with Gasteiger partial charge in [0, 0.05) is 24.7 Å². The van der Waals surface area contributed by atoms with Crippen LogP contribution in [0.3, 0.4) is 0 Å². The van der Waals surface area contributed by atoms with Gasteiger partial charge in [0.1, 0.15) is 18.1 Å². The highest BCUT2D eigenvalue weighted by molar-refractivity contribution is 6.70. The summed E-state index contributed by atoms with van der Waals surface area (Å²) in [6.07, 6.45) is 0. The molecule has 1 heterocycles. The molecular formula is C12H19NO2Si. The smallest absolute Gasteiger partial charge is 0.242 e. The van der Waals surface area contributed by atoms with Crippen LogP contribution in [-0.4, -0.2) is 21.5 Å². The van der Waals surface area contributed by atoms with Gasteiger partial charge in [-0.3, -0.25) is 0 Å². The zero-order chi connectivity index (χ0) is 11.6. The van der Waals surface area contributed by atoms with Gasteiger partial charge < -0.3 is 14.5 Å². The highest BCUT2D eigenvalue weighted by Gasteiger charge is 2.17. The molecule has 0 unspecified atom stereocenters. The van der Waals surface area contributed by atoms with Gasteiger partial charge in [-0.2, -0.15) is 0 Å². The van der Waals surface area contributed by atoms with Gasteiger partial charge in [-0.15, -0.1) is 0 Å². The number of hydrogen-bond donors (Lipinski definition) is 1. The Kier molecular flexibility index (Phi) is 3.21. The summed E-state index contributed by atoms with van der Waals surface area (Å²) in [4.78, 5) is 0. The summed E-state index contributed by atoms with van der Waals surface area (Å²) >= 11 is 0. The van der Waals surface area contributed by atoms with E-state index in [1.807, 2.05) is 12.1 Å². The monoisotopic (exact) mass is 237 g/mol. The summed E-state index contributed by atoms with van der Waals surface area (Å²) in [5, 5.41) is 3.31. The van der Waals surface area contributed by atoms with E-state index in [1.165, 1.54) is 5.56 Å². The van der Waals surface area contributed by atoms with Crippen molar-refractivity contribution >= 4 is 8.32 Å². The third-order valence-corrected chi connectivity index (χ3v) is 3.16. The fourth-order valence-electron chi connectivity index (χ4n) is 1.69. The summed E-state index contributed by atoms with van der Waals surface area (Å²) in [5.41, 5.74) is 1.21. The molecule has 0 radical (unpaired) electrons. The first-order valence-corrected chi connectivity index (χ1v) is 9.11. The minimum atomic E-state index is -1.53. The molecule has 1 aromatic carbocycles. The SMILES string of the molecule is C[Si](C)(C)Oc1ccc2c(c1)OCCNC2. The van der Waals surface area contributed by atoms with Crippen molar-refractivity contribution in [1.82, 2.24) is 5.32 Å². The quantitative estimate of drug-likeness (QED) is 0.801. The van der Waals surface area contributed by atoms with Crippen LogP contribution >= 0.6 is 0 Å². The Balaban J connectivity index is 2.21. The molecular weight excluding hydrogens is 218 g/mol. The lowest BCUT2D eigenvalue weighted by Crippen LogP contribution is -2.29. The second-order valence-corrected chi connectivity index (χ2v) is 9.44. The third-order valence-electron chi connectivity index (χ3n) is 2.31. The maximum atomic E-state index is 5.95. The van der Waals surface area contributed by atoms with Crippen molar-refractivity contribution < 1.29 is 9.16 Å². The van der Waals surface area contributed by atoms with E-state index in [4.69, 9.17) is 9.16 Å². The Labute approximate surface area is 97.9 Å². The molecule has 0 saturated heterocycles. The zero-order valence-corrected chi connectivity index (χ0v) is 11.2. The number of hydrogen-bond acceptors (Lipinski definition) is 3. The molecule has 1 aromatic rings. The minimum absolute atomic E-state index is 0.726. The van der Waals surface area contributed by atoms with Crippen molar-refractivity contribution in [1.29, 1.82) is 0 Å². The van der Waals surface area contributed by atoms with Crippen molar-refractivity contribution in [3.8, 4) is 11.5 Å². The second-order valence-electron chi connectivity index (χ2n) is 5.01. The molecule has 1 aliphatic rings. The molecule has 0 fully saturated rings. The average molecular weight is 237 g/mol. The number of fused-ring (bicyclic) bond motifs is 1. The van der Waals surface area contributed by atoms with Crippen LogP contribution in [0.1, 0.15) is 5.56 Å². The van der Waals surface area contributed by atoms with Gasteiger partial charge in [-0.05, 0) is 25.7 Å². The Hall–Kier alpha value is -1.00. The lowest BCUT2D eigenvalue weighted by molar-refractivity contribution is 0.324.